The molecule has 0 saturated carbocycles. The quantitative estimate of drug-likeness (QED) is 0.652. The lowest BCUT2D eigenvalue weighted by Gasteiger charge is -2.30. The third-order valence-corrected chi connectivity index (χ3v) is 3.26. The molecule has 0 atom stereocenters. The summed E-state index contributed by atoms with van der Waals surface area (Å²) in [7, 11) is 0. The normalized spacial score (nSPS) is 12.5. The average Bonchev–Trinajstić information content (AvgIpc) is 2.14. The second-order valence-corrected chi connectivity index (χ2v) is 3.96. The van der Waals surface area contributed by atoms with Crippen LogP contribution in [0.2, 0.25) is 0 Å². The molecule has 1 nitrogen and oxygen atoms in total. The monoisotopic (exact) mass is 171 g/mol. The molecular weight excluding hydrogens is 146 g/mol. The summed E-state index contributed by atoms with van der Waals surface area (Å²) < 4.78 is 0. The first-order chi connectivity index (χ1) is 5.61. The minimum absolute atomic E-state index is 0.108. The van der Waals surface area contributed by atoms with Gasteiger partial charge in [-0.15, -0.1) is 0 Å². The van der Waals surface area contributed by atoms with E-state index in [-0.39, 0.29) is 5.54 Å². The summed E-state index contributed by atoms with van der Waals surface area (Å²) in [5, 5.41) is 0. The molecule has 0 radical (unpaired) electrons. The van der Waals surface area contributed by atoms with Gasteiger partial charge in [-0.05, 0) is 25.2 Å². The first-order valence-electron chi connectivity index (χ1n) is 5.40. The lowest BCUT2D eigenvalue weighted by Crippen LogP contribution is -2.40. The van der Waals surface area contributed by atoms with Crippen LogP contribution >= 0.6 is 0 Å². The third-order valence-electron chi connectivity index (χ3n) is 3.26. The van der Waals surface area contributed by atoms with E-state index in [1.54, 1.807) is 0 Å². The SMILES string of the molecule is CCC(CC)CC(N)(CC)CC. The van der Waals surface area contributed by atoms with Gasteiger partial charge in [0, 0.05) is 5.54 Å². The molecule has 0 amide bonds. The highest BCUT2D eigenvalue weighted by molar-refractivity contribution is 4.83. The zero-order valence-electron chi connectivity index (χ0n) is 9.19. The second-order valence-electron chi connectivity index (χ2n) is 3.96. The number of rotatable bonds is 6. The van der Waals surface area contributed by atoms with E-state index in [4.69, 9.17) is 5.73 Å². The summed E-state index contributed by atoms with van der Waals surface area (Å²) in [6.07, 6.45) is 5.97. The van der Waals surface area contributed by atoms with Crippen LogP contribution in [-0.4, -0.2) is 5.54 Å². The van der Waals surface area contributed by atoms with Gasteiger partial charge in [0.1, 0.15) is 0 Å². The molecule has 0 saturated heterocycles. The van der Waals surface area contributed by atoms with Gasteiger partial charge >= 0.3 is 0 Å². The summed E-state index contributed by atoms with van der Waals surface area (Å²) in [5.74, 6) is 0.829. The molecule has 2 N–H and O–H groups in total. The Hall–Kier alpha value is -0.0400. The molecule has 0 fully saturated rings. The van der Waals surface area contributed by atoms with Crippen LogP contribution in [0, 0.1) is 5.92 Å². The van der Waals surface area contributed by atoms with Crippen molar-refractivity contribution in [1.82, 2.24) is 0 Å². The van der Waals surface area contributed by atoms with Gasteiger partial charge in [0.2, 0.25) is 0 Å². The van der Waals surface area contributed by atoms with Crippen LogP contribution in [0.15, 0.2) is 0 Å². The Morgan fingerprint density at radius 3 is 1.67 bits per heavy atom. The maximum Gasteiger partial charge on any atom is 0.0151 e. The van der Waals surface area contributed by atoms with Crippen molar-refractivity contribution in [3.63, 3.8) is 0 Å². The number of nitrogens with two attached hydrogens (primary N) is 1. The van der Waals surface area contributed by atoms with Crippen molar-refractivity contribution in [2.75, 3.05) is 0 Å². The van der Waals surface area contributed by atoms with E-state index in [9.17, 15) is 0 Å². The molecule has 0 aliphatic carbocycles. The number of hydrogen-bond acceptors (Lipinski definition) is 1. The Balaban J connectivity index is 3.99. The third kappa shape index (κ3) is 3.57. The van der Waals surface area contributed by atoms with Crippen LogP contribution in [-0.2, 0) is 0 Å². The Kier molecular flexibility index (Phi) is 5.56. The van der Waals surface area contributed by atoms with E-state index in [0.29, 0.717) is 0 Å². The van der Waals surface area contributed by atoms with E-state index in [1.807, 2.05) is 0 Å². The van der Waals surface area contributed by atoms with Crippen molar-refractivity contribution in [3.8, 4) is 0 Å². The van der Waals surface area contributed by atoms with Gasteiger partial charge < -0.3 is 5.73 Å². The molecule has 0 aliphatic heterocycles. The van der Waals surface area contributed by atoms with Gasteiger partial charge in [0.25, 0.3) is 0 Å². The summed E-state index contributed by atoms with van der Waals surface area (Å²) in [4.78, 5) is 0. The van der Waals surface area contributed by atoms with E-state index < -0.39 is 0 Å². The van der Waals surface area contributed by atoms with Crippen molar-refractivity contribution in [1.29, 1.82) is 0 Å². The highest BCUT2D eigenvalue weighted by Crippen LogP contribution is 2.25. The van der Waals surface area contributed by atoms with Gasteiger partial charge in [-0.1, -0.05) is 40.5 Å². The van der Waals surface area contributed by atoms with Crippen LogP contribution in [0.1, 0.15) is 59.8 Å². The first kappa shape index (κ1) is 12.0. The standard InChI is InChI=1S/C11H25N/c1-5-10(6-2)9-11(12,7-3)8-4/h10H,5-9,12H2,1-4H3. The van der Waals surface area contributed by atoms with Gasteiger partial charge in [0.05, 0.1) is 0 Å². The van der Waals surface area contributed by atoms with E-state index >= 15 is 0 Å². The van der Waals surface area contributed by atoms with Crippen LogP contribution in [0.4, 0.5) is 0 Å². The highest BCUT2D eigenvalue weighted by Gasteiger charge is 2.23. The van der Waals surface area contributed by atoms with E-state index in [2.05, 4.69) is 27.7 Å². The molecule has 0 aromatic rings. The van der Waals surface area contributed by atoms with Gasteiger partial charge in [0.15, 0.2) is 0 Å². The van der Waals surface area contributed by atoms with E-state index in [0.717, 1.165) is 18.8 Å². The Labute approximate surface area is 77.7 Å². The molecule has 0 aromatic carbocycles. The Bertz CT molecular complexity index is 102. The van der Waals surface area contributed by atoms with Crippen molar-refractivity contribution < 1.29 is 0 Å². The Morgan fingerprint density at radius 2 is 1.42 bits per heavy atom. The van der Waals surface area contributed by atoms with Gasteiger partial charge in [-0.25, -0.2) is 0 Å². The van der Waals surface area contributed by atoms with Crippen molar-refractivity contribution >= 4 is 0 Å². The van der Waals surface area contributed by atoms with Crippen LogP contribution in [0.3, 0.4) is 0 Å². The molecule has 0 heterocycles. The molecule has 0 aromatic heterocycles. The maximum atomic E-state index is 6.25. The lowest BCUT2D eigenvalue weighted by atomic mass is 9.82. The summed E-state index contributed by atoms with van der Waals surface area (Å²) in [6.45, 7) is 8.93. The molecule has 12 heavy (non-hydrogen) atoms. The Morgan fingerprint density at radius 1 is 1.00 bits per heavy atom. The summed E-state index contributed by atoms with van der Waals surface area (Å²) in [5.41, 5.74) is 6.36. The van der Waals surface area contributed by atoms with Crippen LogP contribution in [0.5, 0.6) is 0 Å². The topological polar surface area (TPSA) is 26.0 Å². The van der Waals surface area contributed by atoms with E-state index in [1.165, 1.54) is 19.3 Å². The lowest BCUT2D eigenvalue weighted by molar-refractivity contribution is 0.286. The average molecular weight is 171 g/mol. The first-order valence-corrected chi connectivity index (χ1v) is 5.40. The summed E-state index contributed by atoms with van der Waals surface area (Å²) in [6, 6.07) is 0. The zero-order valence-corrected chi connectivity index (χ0v) is 9.19. The molecular formula is C11H25N. The largest absolute Gasteiger partial charge is 0.325 e. The predicted octanol–water partition coefficient (Wildman–Crippen LogP) is 3.33. The molecule has 0 aliphatic rings. The van der Waals surface area contributed by atoms with Crippen molar-refractivity contribution in [2.24, 2.45) is 11.7 Å². The zero-order chi connectivity index (χ0) is 9.61. The molecule has 74 valence electrons. The molecule has 0 spiro atoms. The molecule has 0 unspecified atom stereocenters. The van der Waals surface area contributed by atoms with Gasteiger partial charge in [-0.3, -0.25) is 0 Å². The number of hydrogen-bond donors (Lipinski definition) is 1. The smallest absolute Gasteiger partial charge is 0.0151 e. The second kappa shape index (κ2) is 5.58. The van der Waals surface area contributed by atoms with Crippen LogP contribution < -0.4 is 5.73 Å². The fourth-order valence-corrected chi connectivity index (χ4v) is 1.69. The predicted molar refractivity (Wildman–Crippen MR) is 56.2 cm³/mol. The summed E-state index contributed by atoms with van der Waals surface area (Å²) >= 11 is 0. The molecule has 0 bridgehead atoms. The van der Waals surface area contributed by atoms with Gasteiger partial charge in [-0.2, -0.15) is 0 Å². The molecule has 1 heteroatoms. The maximum absolute atomic E-state index is 6.25. The highest BCUT2D eigenvalue weighted by atomic mass is 14.7. The fourth-order valence-electron chi connectivity index (χ4n) is 1.69. The van der Waals surface area contributed by atoms with Crippen LogP contribution in [0.25, 0.3) is 0 Å². The molecule has 0 rings (SSSR count). The van der Waals surface area contributed by atoms with Crippen molar-refractivity contribution in [2.45, 2.75) is 65.3 Å². The fraction of sp³-hybridized carbons (Fsp3) is 1.00. The minimum Gasteiger partial charge on any atom is -0.325 e. The minimum atomic E-state index is 0.108. The van der Waals surface area contributed by atoms with Crippen molar-refractivity contribution in [3.05, 3.63) is 0 Å².